The van der Waals surface area contributed by atoms with E-state index in [1.54, 1.807) is 12.1 Å². The maximum atomic E-state index is 11.7. The van der Waals surface area contributed by atoms with E-state index in [-0.39, 0.29) is 0 Å². The summed E-state index contributed by atoms with van der Waals surface area (Å²) in [6, 6.07) is 22.9. The van der Waals surface area contributed by atoms with E-state index in [1.807, 2.05) is 71.4 Å². The third-order valence-corrected chi connectivity index (χ3v) is 5.29. The van der Waals surface area contributed by atoms with E-state index in [0.29, 0.717) is 4.90 Å². The first-order valence-electron chi connectivity index (χ1n) is 7.87. The summed E-state index contributed by atoms with van der Waals surface area (Å²) in [6.45, 7) is 0. The van der Waals surface area contributed by atoms with Crippen LogP contribution < -0.4 is 0 Å². The molecule has 0 N–H and O–H groups in total. The lowest BCUT2D eigenvalue weighted by Crippen LogP contribution is -1.96. The maximum Gasteiger partial charge on any atom is 0.175 e. The Balaban J connectivity index is 1.97. The number of benzene rings is 2. The van der Waals surface area contributed by atoms with E-state index < -0.39 is 9.84 Å². The first kappa shape index (κ1) is 15.6. The van der Waals surface area contributed by atoms with Crippen molar-refractivity contribution < 1.29 is 8.42 Å². The number of sulfone groups is 1. The molecule has 2 aromatic heterocycles. The maximum absolute atomic E-state index is 11.7. The van der Waals surface area contributed by atoms with Gasteiger partial charge in [-0.15, -0.1) is 0 Å². The standard InChI is InChI=1S/C20H16N2O2S/c1-25(23,24)17-12-10-15(11-13-17)19-18-9-5-6-14-22(18)21-20(19)16-7-3-2-4-8-16/h2-14H,1H3. The van der Waals surface area contributed by atoms with Gasteiger partial charge in [-0.25, -0.2) is 12.9 Å². The van der Waals surface area contributed by atoms with Gasteiger partial charge in [0, 0.05) is 23.6 Å². The van der Waals surface area contributed by atoms with Gasteiger partial charge in [0.25, 0.3) is 0 Å². The van der Waals surface area contributed by atoms with Gasteiger partial charge in [0.2, 0.25) is 0 Å². The third kappa shape index (κ3) is 2.83. The molecule has 0 aliphatic carbocycles. The van der Waals surface area contributed by atoms with Gasteiger partial charge in [-0.2, -0.15) is 5.10 Å². The fraction of sp³-hybridized carbons (Fsp3) is 0.0500. The van der Waals surface area contributed by atoms with E-state index >= 15 is 0 Å². The SMILES string of the molecule is CS(=O)(=O)c1ccc(-c2c(-c3ccccc3)nn3ccccc23)cc1. The monoisotopic (exact) mass is 348 g/mol. The molecule has 4 rings (SSSR count). The van der Waals surface area contributed by atoms with Crippen LogP contribution in [0.1, 0.15) is 0 Å². The Labute approximate surface area is 146 Å². The summed E-state index contributed by atoms with van der Waals surface area (Å²) in [5.41, 5.74) is 4.81. The summed E-state index contributed by atoms with van der Waals surface area (Å²) in [6.07, 6.45) is 3.13. The zero-order valence-electron chi connectivity index (χ0n) is 13.6. The van der Waals surface area contributed by atoms with E-state index in [9.17, 15) is 8.42 Å². The van der Waals surface area contributed by atoms with E-state index in [1.165, 1.54) is 6.26 Å². The van der Waals surface area contributed by atoms with Gasteiger partial charge in [-0.3, -0.25) is 0 Å². The number of hydrogen-bond acceptors (Lipinski definition) is 3. The molecule has 0 amide bonds. The van der Waals surface area contributed by atoms with E-state index in [4.69, 9.17) is 5.10 Å². The minimum Gasteiger partial charge on any atom is -0.240 e. The minimum absolute atomic E-state index is 0.314. The number of hydrogen-bond donors (Lipinski definition) is 0. The second-order valence-corrected chi connectivity index (χ2v) is 7.93. The lowest BCUT2D eigenvalue weighted by molar-refractivity contribution is 0.602. The van der Waals surface area contributed by atoms with Crippen LogP contribution in [0.3, 0.4) is 0 Å². The molecule has 0 aliphatic heterocycles. The predicted molar refractivity (Wildman–Crippen MR) is 99.2 cm³/mol. The van der Waals surface area contributed by atoms with Crippen molar-refractivity contribution in [2.75, 3.05) is 6.26 Å². The molecule has 4 aromatic rings. The first-order chi connectivity index (χ1) is 12.0. The van der Waals surface area contributed by atoms with Crippen molar-refractivity contribution in [2.45, 2.75) is 4.90 Å². The molecule has 0 saturated carbocycles. The van der Waals surface area contributed by atoms with Crippen LogP contribution in [0.5, 0.6) is 0 Å². The number of pyridine rings is 1. The summed E-state index contributed by atoms with van der Waals surface area (Å²) in [5, 5.41) is 4.73. The highest BCUT2D eigenvalue weighted by atomic mass is 32.2. The van der Waals surface area contributed by atoms with Crippen molar-refractivity contribution in [1.82, 2.24) is 9.61 Å². The largest absolute Gasteiger partial charge is 0.240 e. The third-order valence-electron chi connectivity index (χ3n) is 4.16. The molecule has 0 spiro atoms. The van der Waals surface area contributed by atoms with E-state index in [2.05, 4.69) is 0 Å². The van der Waals surface area contributed by atoms with Crippen LogP contribution in [0, 0.1) is 0 Å². The van der Waals surface area contributed by atoms with Crippen molar-refractivity contribution in [3.63, 3.8) is 0 Å². The Morgan fingerprint density at radius 1 is 0.800 bits per heavy atom. The van der Waals surface area contributed by atoms with Crippen molar-refractivity contribution in [1.29, 1.82) is 0 Å². The smallest absolute Gasteiger partial charge is 0.175 e. The number of aromatic nitrogens is 2. The zero-order chi connectivity index (χ0) is 17.4. The second kappa shape index (κ2) is 5.86. The highest BCUT2D eigenvalue weighted by molar-refractivity contribution is 7.90. The molecule has 2 heterocycles. The molecule has 124 valence electrons. The molecular weight excluding hydrogens is 332 g/mol. The van der Waals surface area contributed by atoms with Gasteiger partial charge in [0.1, 0.15) is 5.69 Å². The van der Waals surface area contributed by atoms with Crippen molar-refractivity contribution >= 4 is 15.4 Å². The predicted octanol–water partition coefficient (Wildman–Crippen LogP) is 4.07. The average molecular weight is 348 g/mol. The summed E-state index contributed by atoms with van der Waals surface area (Å²) >= 11 is 0. The number of rotatable bonds is 3. The quantitative estimate of drug-likeness (QED) is 0.561. The molecule has 0 bridgehead atoms. The summed E-state index contributed by atoms with van der Waals surface area (Å²) in [7, 11) is -3.21. The van der Waals surface area contributed by atoms with Crippen LogP contribution in [-0.2, 0) is 9.84 Å². The van der Waals surface area contributed by atoms with Crippen LogP contribution >= 0.6 is 0 Å². The first-order valence-corrected chi connectivity index (χ1v) is 9.76. The molecule has 0 radical (unpaired) electrons. The molecule has 25 heavy (non-hydrogen) atoms. The van der Waals surface area contributed by atoms with Gasteiger partial charge in [-0.05, 0) is 29.8 Å². The van der Waals surface area contributed by atoms with E-state index in [0.717, 1.165) is 27.9 Å². The summed E-state index contributed by atoms with van der Waals surface area (Å²) in [4.78, 5) is 0.314. The normalized spacial score (nSPS) is 11.7. The Hall–Kier alpha value is -2.92. The molecule has 0 unspecified atom stereocenters. The number of fused-ring (bicyclic) bond motifs is 1. The van der Waals surface area contributed by atoms with Gasteiger partial charge in [-0.1, -0.05) is 48.5 Å². The molecule has 4 nitrogen and oxygen atoms in total. The van der Waals surface area contributed by atoms with Crippen molar-refractivity contribution in [3.05, 3.63) is 79.0 Å². The van der Waals surface area contributed by atoms with Crippen molar-refractivity contribution in [2.24, 2.45) is 0 Å². The van der Waals surface area contributed by atoms with Crippen LogP contribution in [0.15, 0.2) is 83.9 Å². The van der Waals surface area contributed by atoms with Crippen molar-refractivity contribution in [3.8, 4) is 22.4 Å². The molecule has 5 heteroatoms. The summed E-state index contributed by atoms with van der Waals surface area (Å²) in [5.74, 6) is 0. The highest BCUT2D eigenvalue weighted by Gasteiger charge is 2.16. The van der Waals surface area contributed by atoms with Crippen LogP contribution in [0.4, 0.5) is 0 Å². The van der Waals surface area contributed by atoms with Gasteiger partial charge in [0.05, 0.1) is 10.4 Å². The Morgan fingerprint density at radius 2 is 1.48 bits per heavy atom. The van der Waals surface area contributed by atoms with Gasteiger partial charge in [0.15, 0.2) is 9.84 Å². The number of nitrogens with zero attached hydrogens (tertiary/aromatic N) is 2. The lowest BCUT2D eigenvalue weighted by Gasteiger charge is -2.05. The average Bonchev–Trinajstić information content (AvgIpc) is 3.01. The summed E-state index contributed by atoms with van der Waals surface area (Å²) < 4.78 is 25.3. The highest BCUT2D eigenvalue weighted by Crippen LogP contribution is 2.35. The Kier molecular flexibility index (Phi) is 3.66. The van der Waals surface area contributed by atoms with Crippen LogP contribution in [0.2, 0.25) is 0 Å². The van der Waals surface area contributed by atoms with Crippen LogP contribution in [0.25, 0.3) is 27.9 Å². The minimum atomic E-state index is -3.21. The molecule has 0 saturated heterocycles. The topological polar surface area (TPSA) is 51.4 Å². The van der Waals surface area contributed by atoms with Crippen LogP contribution in [-0.4, -0.2) is 24.3 Å². The van der Waals surface area contributed by atoms with Gasteiger partial charge < -0.3 is 0 Å². The molecule has 0 aliphatic rings. The second-order valence-electron chi connectivity index (χ2n) is 5.92. The Bertz CT molecular complexity index is 1150. The molecule has 2 aromatic carbocycles. The fourth-order valence-corrected chi connectivity index (χ4v) is 3.58. The Morgan fingerprint density at radius 3 is 2.16 bits per heavy atom. The lowest BCUT2D eigenvalue weighted by atomic mass is 10.00. The molecule has 0 fully saturated rings. The van der Waals surface area contributed by atoms with Gasteiger partial charge >= 0.3 is 0 Å². The molecule has 0 atom stereocenters. The zero-order valence-corrected chi connectivity index (χ0v) is 14.4. The fourth-order valence-electron chi connectivity index (χ4n) is 2.95. The molecular formula is C20H16N2O2S.